The molecule has 2 fully saturated rings. The van der Waals surface area contributed by atoms with Crippen molar-refractivity contribution in [2.75, 3.05) is 42.9 Å². The molecule has 7 nitrogen and oxygen atoms in total. The molecule has 1 saturated heterocycles. The van der Waals surface area contributed by atoms with Crippen molar-refractivity contribution in [3.63, 3.8) is 0 Å². The second-order valence-corrected chi connectivity index (χ2v) is 8.54. The van der Waals surface area contributed by atoms with Crippen LogP contribution in [0.25, 0.3) is 0 Å². The van der Waals surface area contributed by atoms with Gasteiger partial charge in [0, 0.05) is 38.4 Å². The van der Waals surface area contributed by atoms with Crippen molar-refractivity contribution in [1.29, 1.82) is 0 Å². The number of hydrogen-bond donors (Lipinski definition) is 2. The third-order valence-corrected chi connectivity index (χ3v) is 5.82. The number of nitrogens with one attached hydrogen (secondary N) is 2. The third kappa shape index (κ3) is 5.94. The number of amides is 2. The molecular weight excluding hydrogens is 459 g/mol. The van der Waals surface area contributed by atoms with Gasteiger partial charge >= 0.3 is 6.18 Å². The van der Waals surface area contributed by atoms with Gasteiger partial charge in [-0.25, -0.2) is 4.98 Å². The zero-order valence-corrected chi connectivity index (χ0v) is 18.4. The maximum Gasteiger partial charge on any atom is 0.417 e. The Morgan fingerprint density at radius 1 is 1.12 bits per heavy atom. The van der Waals surface area contributed by atoms with E-state index < -0.39 is 11.7 Å². The van der Waals surface area contributed by atoms with Crippen molar-refractivity contribution in [2.45, 2.75) is 25.1 Å². The summed E-state index contributed by atoms with van der Waals surface area (Å²) in [7, 11) is 0. The molecule has 2 N–H and O–H groups in total. The van der Waals surface area contributed by atoms with Crippen LogP contribution in [0.4, 0.5) is 24.7 Å². The van der Waals surface area contributed by atoms with Crippen molar-refractivity contribution in [3.05, 3.63) is 52.7 Å². The maximum atomic E-state index is 12.8. The molecule has 1 aliphatic heterocycles. The first kappa shape index (κ1) is 23.3. The number of aromatic nitrogens is 1. The summed E-state index contributed by atoms with van der Waals surface area (Å²) in [6.45, 7) is 2.07. The number of hydrogen-bond acceptors (Lipinski definition) is 5. The number of benzene rings is 1. The molecule has 1 aromatic carbocycles. The number of carbonyl (C=O) groups is 2. The van der Waals surface area contributed by atoms with Crippen molar-refractivity contribution < 1.29 is 22.8 Å². The minimum Gasteiger partial charge on any atom is -0.353 e. The van der Waals surface area contributed by atoms with E-state index in [0.29, 0.717) is 43.2 Å². The SMILES string of the molecule is O=C(CN1CCN(c2ncc(C(F)(F)F)cc2Cl)CC1)Nc1ccccc1C(=O)NC1CC1. The largest absolute Gasteiger partial charge is 0.417 e. The molecular formula is C22H23ClF3N5O2. The average Bonchev–Trinajstić information content (AvgIpc) is 3.58. The number of para-hydroxylation sites is 1. The van der Waals surface area contributed by atoms with E-state index in [1.807, 2.05) is 4.90 Å². The summed E-state index contributed by atoms with van der Waals surface area (Å²) in [5.41, 5.74) is -0.0109. The van der Waals surface area contributed by atoms with Gasteiger partial charge in [0.05, 0.1) is 28.4 Å². The summed E-state index contributed by atoms with van der Waals surface area (Å²) in [6.07, 6.45) is -1.78. The van der Waals surface area contributed by atoms with Gasteiger partial charge in [0.15, 0.2) is 0 Å². The lowest BCUT2D eigenvalue weighted by Gasteiger charge is -2.35. The molecule has 0 bridgehead atoms. The molecule has 1 saturated carbocycles. The van der Waals surface area contributed by atoms with Crippen LogP contribution in [-0.4, -0.2) is 60.5 Å². The molecule has 0 radical (unpaired) electrons. The van der Waals surface area contributed by atoms with Crippen LogP contribution in [0.5, 0.6) is 0 Å². The van der Waals surface area contributed by atoms with E-state index in [-0.39, 0.29) is 29.4 Å². The lowest BCUT2D eigenvalue weighted by molar-refractivity contribution is -0.137. The summed E-state index contributed by atoms with van der Waals surface area (Å²) in [5.74, 6) is -0.159. The zero-order valence-electron chi connectivity index (χ0n) is 17.7. The van der Waals surface area contributed by atoms with E-state index >= 15 is 0 Å². The molecule has 2 aliphatic rings. The summed E-state index contributed by atoms with van der Waals surface area (Å²) in [6, 6.07) is 7.95. The van der Waals surface area contributed by atoms with Crippen LogP contribution in [0.15, 0.2) is 36.5 Å². The van der Waals surface area contributed by atoms with Crippen molar-refractivity contribution >= 4 is 34.9 Å². The fourth-order valence-corrected chi connectivity index (χ4v) is 3.90. The van der Waals surface area contributed by atoms with Gasteiger partial charge in [0.1, 0.15) is 5.82 Å². The minimum atomic E-state index is -4.50. The molecule has 33 heavy (non-hydrogen) atoms. The number of nitrogens with zero attached hydrogens (tertiary/aromatic N) is 3. The second kappa shape index (κ2) is 9.56. The predicted octanol–water partition coefficient (Wildman–Crippen LogP) is 3.41. The smallest absolute Gasteiger partial charge is 0.353 e. The van der Waals surface area contributed by atoms with E-state index in [1.54, 1.807) is 29.2 Å². The average molecular weight is 482 g/mol. The Morgan fingerprint density at radius 2 is 1.82 bits per heavy atom. The molecule has 1 aromatic heterocycles. The van der Waals surface area contributed by atoms with Gasteiger partial charge in [0.2, 0.25) is 5.91 Å². The molecule has 176 valence electrons. The Hall–Kier alpha value is -2.85. The quantitative estimate of drug-likeness (QED) is 0.661. The number of anilines is 2. The number of piperazine rings is 1. The van der Waals surface area contributed by atoms with E-state index in [2.05, 4.69) is 15.6 Å². The number of rotatable bonds is 6. The van der Waals surface area contributed by atoms with Gasteiger partial charge < -0.3 is 15.5 Å². The summed E-state index contributed by atoms with van der Waals surface area (Å²) >= 11 is 6.04. The number of halogens is 4. The van der Waals surface area contributed by atoms with Crippen molar-refractivity contribution in [2.24, 2.45) is 0 Å². The molecule has 2 aromatic rings. The van der Waals surface area contributed by atoms with Crippen LogP contribution in [0.2, 0.25) is 5.02 Å². The number of carbonyl (C=O) groups excluding carboxylic acids is 2. The van der Waals surface area contributed by atoms with E-state index in [1.165, 1.54) is 0 Å². The first-order valence-electron chi connectivity index (χ1n) is 10.6. The van der Waals surface area contributed by atoms with Gasteiger partial charge in [-0.1, -0.05) is 23.7 Å². The Bertz CT molecular complexity index is 1040. The molecule has 11 heteroatoms. The van der Waals surface area contributed by atoms with E-state index in [9.17, 15) is 22.8 Å². The highest BCUT2D eigenvalue weighted by atomic mass is 35.5. The predicted molar refractivity (Wildman–Crippen MR) is 118 cm³/mol. The number of alkyl halides is 3. The van der Waals surface area contributed by atoms with Gasteiger partial charge in [-0.15, -0.1) is 0 Å². The van der Waals surface area contributed by atoms with E-state index in [0.717, 1.165) is 25.1 Å². The Kier molecular flexibility index (Phi) is 6.76. The standard InChI is InChI=1S/C22H23ClF3N5O2/c23-17-11-14(22(24,25)26)12-27-20(17)31-9-7-30(8-10-31)13-19(32)29-18-4-2-1-3-16(18)21(33)28-15-5-6-15/h1-4,11-12,15H,5-10,13H2,(H,28,33)(H,29,32). The third-order valence-electron chi connectivity index (χ3n) is 5.55. The summed E-state index contributed by atoms with van der Waals surface area (Å²) in [5, 5.41) is 5.67. The summed E-state index contributed by atoms with van der Waals surface area (Å²) in [4.78, 5) is 32.6. The van der Waals surface area contributed by atoms with Crippen LogP contribution in [0, 0.1) is 0 Å². The molecule has 4 rings (SSSR count). The highest BCUT2D eigenvalue weighted by Crippen LogP contribution is 2.33. The highest BCUT2D eigenvalue weighted by Gasteiger charge is 2.32. The fourth-order valence-electron chi connectivity index (χ4n) is 3.61. The monoisotopic (exact) mass is 481 g/mol. The Morgan fingerprint density at radius 3 is 2.45 bits per heavy atom. The summed E-state index contributed by atoms with van der Waals surface area (Å²) < 4.78 is 38.5. The lowest BCUT2D eigenvalue weighted by atomic mass is 10.1. The number of pyridine rings is 1. The van der Waals surface area contributed by atoms with Crippen molar-refractivity contribution in [1.82, 2.24) is 15.2 Å². The first-order valence-corrected chi connectivity index (χ1v) is 11.0. The Labute approximate surface area is 193 Å². The molecule has 2 heterocycles. The van der Waals surface area contributed by atoms with Crippen LogP contribution in [0.3, 0.4) is 0 Å². The zero-order chi connectivity index (χ0) is 23.6. The van der Waals surface area contributed by atoms with Crippen LogP contribution in [0.1, 0.15) is 28.8 Å². The fraction of sp³-hybridized carbons (Fsp3) is 0.409. The van der Waals surface area contributed by atoms with Crippen LogP contribution < -0.4 is 15.5 Å². The molecule has 1 aliphatic carbocycles. The van der Waals surface area contributed by atoms with Crippen molar-refractivity contribution in [3.8, 4) is 0 Å². The lowest BCUT2D eigenvalue weighted by Crippen LogP contribution is -2.49. The topological polar surface area (TPSA) is 77.6 Å². The normalized spacial score (nSPS) is 17.0. The highest BCUT2D eigenvalue weighted by molar-refractivity contribution is 6.33. The maximum absolute atomic E-state index is 12.8. The minimum absolute atomic E-state index is 0.0582. The second-order valence-electron chi connectivity index (χ2n) is 8.13. The Balaban J connectivity index is 1.31. The van der Waals surface area contributed by atoms with Gasteiger partial charge in [0.25, 0.3) is 5.91 Å². The van der Waals surface area contributed by atoms with Gasteiger partial charge in [-0.3, -0.25) is 14.5 Å². The molecule has 2 amide bonds. The molecule has 0 spiro atoms. The van der Waals surface area contributed by atoms with Crippen LogP contribution in [-0.2, 0) is 11.0 Å². The molecule has 0 atom stereocenters. The van der Waals surface area contributed by atoms with Crippen LogP contribution >= 0.6 is 11.6 Å². The molecule has 0 unspecified atom stereocenters. The first-order chi connectivity index (χ1) is 15.7. The van der Waals surface area contributed by atoms with Gasteiger partial charge in [-0.2, -0.15) is 13.2 Å². The van der Waals surface area contributed by atoms with E-state index in [4.69, 9.17) is 11.6 Å². The van der Waals surface area contributed by atoms with Gasteiger partial charge in [-0.05, 0) is 31.0 Å².